The van der Waals surface area contributed by atoms with E-state index >= 15 is 0 Å². The molecule has 2 N–H and O–H groups in total. The van der Waals surface area contributed by atoms with Gasteiger partial charge in [-0.15, -0.1) is 0 Å². The number of nitrogens with zero attached hydrogens (tertiary/aromatic N) is 1. The monoisotopic (exact) mass is 238 g/mol. The molecule has 0 aromatic heterocycles. The molecule has 2 aliphatic rings. The quantitative estimate of drug-likeness (QED) is 0.748. The highest BCUT2D eigenvalue weighted by Gasteiger charge is 2.38. The minimum atomic E-state index is 0.347. The Kier molecular flexibility index (Phi) is 4.87. The van der Waals surface area contributed by atoms with Crippen LogP contribution < -0.4 is 5.73 Å². The molecule has 0 spiro atoms. The predicted molar refractivity (Wildman–Crippen MR) is 74.1 cm³/mol. The topological polar surface area (TPSA) is 29.3 Å². The van der Waals surface area contributed by atoms with E-state index in [0.29, 0.717) is 5.54 Å². The lowest BCUT2D eigenvalue weighted by Gasteiger charge is -2.46. The van der Waals surface area contributed by atoms with Crippen molar-refractivity contribution in [2.45, 2.75) is 82.7 Å². The molecule has 0 aromatic carbocycles. The predicted octanol–water partition coefficient (Wildman–Crippen LogP) is 3.30. The smallest absolute Gasteiger partial charge is 0.0334 e. The summed E-state index contributed by atoms with van der Waals surface area (Å²) in [5, 5.41) is 0. The molecule has 17 heavy (non-hydrogen) atoms. The van der Waals surface area contributed by atoms with Crippen LogP contribution in [0, 0.1) is 0 Å². The second-order valence-electron chi connectivity index (χ2n) is 6.23. The van der Waals surface area contributed by atoms with Crippen LogP contribution in [0.4, 0.5) is 0 Å². The zero-order valence-corrected chi connectivity index (χ0v) is 11.6. The van der Waals surface area contributed by atoms with Crippen LogP contribution in [0.1, 0.15) is 71.1 Å². The summed E-state index contributed by atoms with van der Waals surface area (Å²) in [5.74, 6) is 0. The molecule has 2 heteroatoms. The van der Waals surface area contributed by atoms with Crippen molar-refractivity contribution in [2.75, 3.05) is 13.1 Å². The van der Waals surface area contributed by atoms with Gasteiger partial charge in [-0.2, -0.15) is 0 Å². The van der Waals surface area contributed by atoms with Crippen molar-refractivity contribution >= 4 is 0 Å². The average molecular weight is 238 g/mol. The van der Waals surface area contributed by atoms with E-state index in [2.05, 4.69) is 11.8 Å². The van der Waals surface area contributed by atoms with E-state index in [4.69, 9.17) is 5.73 Å². The standard InChI is InChI=1S/C15H30N2/c1-14-9-5-4-8-12-17(14)15(13-16)10-6-2-3-7-11-15/h14H,2-13,16H2,1H3. The van der Waals surface area contributed by atoms with E-state index in [9.17, 15) is 0 Å². The van der Waals surface area contributed by atoms with Gasteiger partial charge >= 0.3 is 0 Å². The van der Waals surface area contributed by atoms with Crippen molar-refractivity contribution in [1.29, 1.82) is 0 Å². The molecule has 1 aliphatic heterocycles. The lowest BCUT2D eigenvalue weighted by Crippen LogP contribution is -2.56. The van der Waals surface area contributed by atoms with Crippen LogP contribution in [-0.2, 0) is 0 Å². The van der Waals surface area contributed by atoms with Gasteiger partial charge in [0, 0.05) is 18.1 Å². The fourth-order valence-electron chi connectivity index (χ4n) is 3.97. The molecule has 1 saturated heterocycles. The first-order valence-electron chi connectivity index (χ1n) is 7.75. The van der Waals surface area contributed by atoms with Gasteiger partial charge in [-0.3, -0.25) is 4.90 Å². The Morgan fingerprint density at radius 1 is 1.00 bits per heavy atom. The summed E-state index contributed by atoms with van der Waals surface area (Å²) in [6.45, 7) is 4.59. The maximum absolute atomic E-state index is 6.21. The molecule has 1 unspecified atom stereocenters. The molecule has 1 atom stereocenters. The number of hydrogen-bond acceptors (Lipinski definition) is 2. The van der Waals surface area contributed by atoms with E-state index in [-0.39, 0.29) is 0 Å². The molecule has 2 rings (SSSR count). The largest absolute Gasteiger partial charge is 0.329 e. The summed E-state index contributed by atoms with van der Waals surface area (Å²) in [7, 11) is 0. The van der Waals surface area contributed by atoms with Gasteiger partial charge in [0.2, 0.25) is 0 Å². The van der Waals surface area contributed by atoms with Crippen molar-refractivity contribution < 1.29 is 0 Å². The second kappa shape index (κ2) is 6.19. The zero-order valence-electron chi connectivity index (χ0n) is 11.6. The van der Waals surface area contributed by atoms with Gasteiger partial charge in [0.15, 0.2) is 0 Å². The van der Waals surface area contributed by atoms with Gasteiger partial charge in [0.05, 0.1) is 0 Å². The minimum Gasteiger partial charge on any atom is -0.329 e. The third-order valence-electron chi connectivity index (χ3n) is 5.08. The fourth-order valence-corrected chi connectivity index (χ4v) is 3.97. The van der Waals surface area contributed by atoms with Crippen LogP contribution in [0.3, 0.4) is 0 Å². The average Bonchev–Trinajstić information content (AvgIpc) is 2.70. The third-order valence-corrected chi connectivity index (χ3v) is 5.08. The van der Waals surface area contributed by atoms with Crippen molar-refractivity contribution in [1.82, 2.24) is 4.90 Å². The van der Waals surface area contributed by atoms with Crippen LogP contribution >= 0.6 is 0 Å². The van der Waals surface area contributed by atoms with Crippen molar-refractivity contribution in [3.63, 3.8) is 0 Å². The zero-order chi connectivity index (χ0) is 12.1. The Labute approximate surface area is 107 Å². The first-order valence-corrected chi connectivity index (χ1v) is 7.75. The Balaban J connectivity index is 2.12. The Bertz CT molecular complexity index is 219. The Morgan fingerprint density at radius 2 is 1.65 bits per heavy atom. The summed E-state index contributed by atoms with van der Waals surface area (Å²) < 4.78 is 0. The van der Waals surface area contributed by atoms with Crippen molar-refractivity contribution in [3.05, 3.63) is 0 Å². The van der Waals surface area contributed by atoms with Crippen LogP contribution in [0.15, 0.2) is 0 Å². The van der Waals surface area contributed by atoms with Gasteiger partial charge in [-0.25, -0.2) is 0 Å². The highest BCUT2D eigenvalue weighted by molar-refractivity contribution is 4.95. The second-order valence-corrected chi connectivity index (χ2v) is 6.23. The molecule has 2 nitrogen and oxygen atoms in total. The molecular formula is C15H30N2. The van der Waals surface area contributed by atoms with Crippen LogP contribution in [0.5, 0.6) is 0 Å². The molecule has 2 fully saturated rings. The minimum absolute atomic E-state index is 0.347. The molecule has 1 saturated carbocycles. The van der Waals surface area contributed by atoms with E-state index in [0.717, 1.165) is 12.6 Å². The van der Waals surface area contributed by atoms with Gasteiger partial charge < -0.3 is 5.73 Å². The van der Waals surface area contributed by atoms with Gasteiger partial charge in [0.25, 0.3) is 0 Å². The summed E-state index contributed by atoms with van der Waals surface area (Å²) >= 11 is 0. The van der Waals surface area contributed by atoms with Crippen molar-refractivity contribution in [2.24, 2.45) is 5.73 Å². The first-order chi connectivity index (χ1) is 8.28. The number of likely N-dealkylation sites (tertiary alicyclic amines) is 1. The molecule has 1 aliphatic carbocycles. The highest BCUT2D eigenvalue weighted by atomic mass is 15.2. The normalized spacial score (nSPS) is 31.8. The Hall–Kier alpha value is -0.0800. The number of rotatable bonds is 2. The summed E-state index contributed by atoms with van der Waals surface area (Å²) in [4.78, 5) is 2.80. The lowest BCUT2D eigenvalue weighted by atomic mass is 9.86. The molecule has 0 aromatic rings. The Morgan fingerprint density at radius 3 is 2.29 bits per heavy atom. The fraction of sp³-hybridized carbons (Fsp3) is 1.00. The van der Waals surface area contributed by atoms with E-state index in [1.807, 2.05) is 0 Å². The summed E-state index contributed by atoms with van der Waals surface area (Å²) in [6, 6.07) is 0.749. The van der Waals surface area contributed by atoms with Gasteiger partial charge in [-0.05, 0) is 39.2 Å². The SMILES string of the molecule is CC1CCCCCN1C1(CN)CCCCCC1. The van der Waals surface area contributed by atoms with Crippen molar-refractivity contribution in [3.8, 4) is 0 Å². The van der Waals surface area contributed by atoms with E-state index in [1.54, 1.807) is 0 Å². The summed E-state index contributed by atoms with van der Waals surface area (Å²) in [5.41, 5.74) is 6.56. The van der Waals surface area contributed by atoms with Gasteiger partial charge in [-0.1, -0.05) is 38.5 Å². The third kappa shape index (κ3) is 3.03. The molecular weight excluding hydrogens is 208 g/mol. The molecule has 0 bridgehead atoms. The highest BCUT2D eigenvalue weighted by Crippen LogP contribution is 2.35. The van der Waals surface area contributed by atoms with Crippen LogP contribution in [0.2, 0.25) is 0 Å². The molecule has 0 radical (unpaired) electrons. The van der Waals surface area contributed by atoms with Crippen LogP contribution in [-0.4, -0.2) is 29.6 Å². The molecule has 0 amide bonds. The maximum atomic E-state index is 6.21. The molecule has 1 heterocycles. The van der Waals surface area contributed by atoms with Crippen LogP contribution in [0.25, 0.3) is 0 Å². The van der Waals surface area contributed by atoms with E-state index in [1.165, 1.54) is 70.8 Å². The maximum Gasteiger partial charge on any atom is 0.0334 e. The number of nitrogens with two attached hydrogens (primary N) is 1. The summed E-state index contributed by atoms with van der Waals surface area (Å²) in [6.07, 6.45) is 13.9. The molecule has 100 valence electrons. The van der Waals surface area contributed by atoms with Gasteiger partial charge in [0.1, 0.15) is 0 Å². The lowest BCUT2D eigenvalue weighted by molar-refractivity contribution is 0.0439. The number of hydrogen-bond donors (Lipinski definition) is 1. The van der Waals surface area contributed by atoms with E-state index < -0.39 is 0 Å². The first kappa shape index (κ1) is 13.4.